The van der Waals surface area contributed by atoms with Crippen molar-refractivity contribution >= 4 is 16.1 Å². The Morgan fingerprint density at radius 1 is 0.783 bits per heavy atom. The molecule has 0 amide bonds. The van der Waals surface area contributed by atoms with E-state index in [0.29, 0.717) is 46.2 Å². The summed E-state index contributed by atoms with van der Waals surface area (Å²) in [5.41, 5.74) is 0. The molecule has 0 aliphatic carbocycles. The van der Waals surface area contributed by atoms with Crippen molar-refractivity contribution in [2.45, 2.75) is 6.92 Å². The summed E-state index contributed by atoms with van der Waals surface area (Å²) in [4.78, 5) is 10.9. The van der Waals surface area contributed by atoms with Crippen LogP contribution in [0.2, 0.25) is 0 Å². The molecule has 0 N–H and O–H groups in total. The molecule has 0 radical (unpaired) electrons. The second-order valence-electron chi connectivity index (χ2n) is 4.22. The first kappa shape index (κ1) is 22.2. The average Bonchev–Trinajstić information content (AvgIpc) is 2.46. The first-order valence-electron chi connectivity index (χ1n) is 7.26. The lowest BCUT2D eigenvalue weighted by molar-refractivity contribution is -0.149. The summed E-state index contributed by atoms with van der Waals surface area (Å²) in [5, 5.41) is 0. The molecule has 0 fully saturated rings. The zero-order valence-corrected chi connectivity index (χ0v) is 14.5. The molecular formula is C13H26O9S. The molecule has 9 nitrogen and oxygen atoms in total. The van der Waals surface area contributed by atoms with Crippen molar-refractivity contribution in [1.82, 2.24) is 0 Å². The van der Waals surface area contributed by atoms with Crippen LogP contribution in [0.15, 0.2) is 0 Å². The van der Waals surface area contributed by atoms with Gasteiger partial charge in [-0.2, -0.15) is 8.42 Å². The number of ether oxygens (including phenoxy) is 5. The van der Waals surface area contributed by atoms with E-state index in [4.69, 9.17) is 23.7 Å². The molecule has 10 heteroatoms. The van der Waals surface area contributed by atoms with Gasteiger partial charge >= 0.3 is 5.97 Å². The van der Waals surface area contributed by atoms with E-state index in [-0.39, 0.29) is 19.8 Å². The van der Waals surface area contributed by atoms with E-state index in [1.165, 1.54) is 0 Å². The van der Waals surface area contributed by atoms with Crippen LogP contribution in [0.4, 0.5) is 0 Å². The van der Waals surface area contributed by atoms with Crippen LogP contribution in [0, 0.1) is 0 Å². The molecule has 0 saturated heterocycles. The first-order valence-corrected chi connectivity index (χ1v) is 9.08. The largest absolute Gasteiger partial charge is 0.464 e. The molecule has 0 bridgehead atoms. The lowest BCUT2D eigenvalue weighted by Crippen LogP contribution is -2.16. The van der Waals surface area contributed by atoms with E-state index in [1.54, 1.807) is 6.92 Å². The maximum atomic E-state index is 10.9. The molecule has 0 aliphatic rings. The molecule has 0 saturated carbocycles. The standard InChI is InChI=1S/C13H26O9S/c1-3-21-13(14)12-20-9-8-18-5-4-17-6-7-19-10-11-22-23(2,15)16/h3-12H2,1-2H3. The number of hydrogen-bond acceptors (Lipinski definition) is 9. The fraction of sp³-hybridized carbons (Fsp3) is 0.923. The van der Waals surface area contributed by atoms with Crippen molar-refractivity contribution in [3.63, 3.8) is 0 Å². The third-order valence-electron chi connectivity index (χ3n) is 2.17. The minimum Gasteiger partial charge on any atom is -0.464 e. The highest BCUT2D eigenvalue weighted by Gasteiger charge is 2.01. The zero-order valence-electron chi connectivity index (χ0n) is 13.7. The number of carbonyl (C=O) groups is 1. The van der Waals surface area contributed by atoms with Crippen molar-refractivity contribution in [2.24, 2.45) is 0 Å². The van der Waals surface area contributed by atoms with Crippen molar-refractivity contribution in [1.29, 1.82) is 0 Å². The van der Waals surface area contributed by atoms with E-state index in [9.17, 15) is 13.2 Å². The molecule has 23 heavy (non-hydrogen) atoms. The SMILES string of the molecule is CCOC(=O)COCCOCCOCCOCCOS(C)(=O)=O. The fourth-order valence-electron chi connectivity index (χ4n) is 1.26. The molecule has 0 rings (SSSR count). The van der Waals surface area contributed by atoms with Gasteiger partial charge in [0.15, 0.2) is 0 Å². The molecule has 0 aliphatic heterocycles. The average molecular weight is 358 g/mol. The van der Waals surface area contributed by atoms with Crippen LogP contribution in [-0.2, 0) is 42.8 Å². The van der Waals surface area contributed by atoms with Crippen LogP contribution in [-0.4, -0.2) is 86.7 Å². The highest BCUT2D eigenvalue weighted by molar-refractivity contribution is 7.85. The van der Waals surface area contributed by atoms with Gasteiger partial charge in [-0.05, 0) is 6.92 Å². The number of hydrogen-bond donors (Lipinski definition) is 0. The Balaban J connectivity index is 3.12. The summed E-state index contributed by atoms with van der Waals surface area (Å²) in [6, 6.07) is 0. The lowest BCUT2D eigenvalue weighted by atomic mass is 10.6. The Morgan fingerprint density at radius 3 is 1.65 bits per heavy atom. The van der Waals surface area contributed by atoms with Gasteiger partial charge < -0.3 is 23.7 Å². The second kappa shape index (κ2) is 14.8. The molecule has 138 valence electrons. The molecular weight excluding hydrogens is 332 g/mol. The second-order valence-corrected chi connectivity index (χ2v) is 5.86. The van der Waals surface area contributed by atoms with Crippen LogP contribution in [0.5, 0.6) is 0 Å². The van der Waals surface area contributed by atoms with E-state index in [2.05, 4.69) is 4.18 Å². The molecule has 0 spiro atoms. The summed E-state index contributed by atoms with van der Waals surface area (Å²) in [6.07, 6.45) is 0.984. The fourth-order valence-corrected chi connectivity index (χ4v) is 1.63. The van der Waals surface area contributed by atoms with Crippen LogP contribution < -0.4 is 0 Å². The molecule has 0 aromatic rings. The summed E-state index contributed by atoms with van der Waals surface area (Å²) in [6.45, 7) is 4.37. The normalized spacial score (nSPS) is 11.6. The summed E-state index contributed by atoms with van der Waals surface area (Å²) < 4.78 is 51.1. The molecule has 0 aromatic carbocycles. The topological polar surface area (TPSA) is 107 Å². The Morgan fingerprint density at radius 2 is 1.22 bits per heavy atom. The Kier molecular flexibility index (Phi) is 14.3. The Hall–Kier alpha value is -0.780. The zero-order chi connectivity index (χ0) is 17.4. The van der Waals surface area contributed by atoms with E-state index >= 15 is 0 Å². The smallest absolute Gasteiger partial charge is 0.332 e. The monoisotopic (exact) mass is 358 g/mol. The van der Waals surface area contributed by atoms with Gasteiger partial charge in [-0.25, -0.2) is 4.79 Å². The minimum absolute atomic E-state index is 0.00621. The first-order chi connectivity index (χ1) is 11.0. The van der Waals surface area contributed by atoms with Gasteiger partial charge in [-0.3, -0.25) is 4.18 Å². The number of rotatable bonds is 16. The summed E-state index contributed by atoms with van der Waals surface area (Å²) in [5.74, 6) is -0.391. The lowest BCUT2D eigenvalue weighted by Gasteiger charge is -2.07. The van der Waals surface area contributed by atoms with E-state index in [0.717, 1.165) is 6.26 Å². The van der Waals surface area contributed by atoms with Gasteiger partial charge in [0.25, 0.3) is 10.1 Å². The molecule has 0 aromatic heterocycles. The Bertz CT molecular complexity index is 383. The summed E-state index contributed by atoms with van der Waals surface area (Å²) in [7, 11) is -3.41. The third kappa shape index (κ3) is 19.2. The number of esters is 1. The van der Waals surface area contributed by atoms with Crippen LogP contribution >= 0.6 is 0 Å². The highest BCUT2D eigenvalue weighted by Crippen LogP contribution is 1.87. The Labute approximate surface area is 137 Å². The third-order valence-corrected chi connectivity index (χ3v) is 2.76. The van der Waals surface area contributed by atoms with Gasteiger partial charge in [0.05, 0.1) is 65.7 Å². The predicted octanol–water partition coefficient (Wildman–Crippen LogP) is -0.408. The molecule has 0 unspecified atom stereocenters. The van der Waals surface area contributed by atoms with Gasteiger partial charge in [-0.1, -0.05) is 0 Å². The van der Waals surface area contributed by atoms with Gasteiger partial charge in [0, 0.05) is 0 Å². The van der Waals surface area contributed by atoms with E-state index < -0.39 is 16.1 Å². The number of carbonyl (C=O) groups excluding carboxylic acids is 1. The minimum atomic E-state index is -3.41. The summed E-state index contributed by atoms with van der Waals surface area (Å²) >= 11 is 0. The van der Waals surface area contributed by atoms with Crippen molar-refractivity contribution in [3.05, 3.63) is 0 Å². The van der Waals surface area contributed by atoms with Gasteiger partial charge in [0.1, 0.15) is 6.61 Å². The van der Waals surface area contributed by atoms with Crippen molar-refractivity contribution < 1.29 is 41.1 Å². The van der Waals surface area contributed by atoms with Gasteiger partial charge in [-0.15, -0.1) is 0 Å². The molecule has 0 atom stereocenters. The van der Waals surface area contributed by atoms with Crippen molar-refractivity contribution in [2.75, 3.05) is 72.3 Å². The predicted molar refractivity (Wildman–Crippen MR) is 80.7 cm³/mol. The highest BCUT2D eigenvalue weighted by atomic mass is 32.2. The van der Waals surface area contributed by atoms with Crippen molar-refractivity contribution in [3.8, 4) is 0 Å². The maximum absolute atomic E-state index is 10.9. The maximum Gasteiger partial charge on any atom is 0.332 e. The van der Waals surface area contributed by atoms with Crippen LogP contribution in [0.3, 0.4) is 0 Å². The van der Waals surface area contributed by atoms with Crippen LogP contribution in [0.1, 0.15) is 6.92 Å². The van der Waals surface area contributed by atoms with Crippen LogP contribution in [0.25, 0.3) is 0 Å². The quantitative estimate of drug-likeness (QED) is 0.207. The molecule has 0 heterocycles. The van der Waals surface area contributed by atoms with E-state index in [1.807, 2.05) is 0 Å². The van der Waals surface area contributed by atoms with Gasteiger partial charge in [0.2, 0.25) is 0 Å².